The SMILES string of the molecule is CC(C)Cc1nc2cc(C(=O)NN)ccc2c(=O)n1N. The minimum Gasteiger partial charge on any atom is -0.335 e. The van der Waals surface area contributed by atoms with Crippen LogP contribution in [0.25, 0.3) is 10.9 Å². The number of nitrogens with zero attached hydrogens (tertiary/aromatic N) is 2. The second-order valence-corrected chi connectivity index (χ2v) is 5.01. The molecule has 1 aromatic carbocycles. The van der Waals surface area contributed by atoms with E-state index in [1.807, 2.05) is 19.3 Å². The highest BCUT2D eigenvalue weighted by Crippen LogP contribution is 2.12. The van der Waals surface area contributed by atoms with Gasteiger partial charge in [-0.3, -0.25) is 15.0 Å². The average molecular weight is 275 g/mol. The van der Waals surface area contributed by atoms with Crippen molar-refractivity contribution in [2.75, 3.05) is 5.84 Å². The molecule has 0 saturated carbocycles. The van der Waals surface area contributed by atoms with Gasteiger partial charge in [-0.1, -0.05) is 13.8 Å². The third-order valence-electron chi connectivity index (χ3n) is 2.96. The van der Waals surface area contributed by atoms with Crippen LogP contribution in [0.15, 0.2) is 23.0 Å². The maximum absolute atomic E-state index is 12.2. The van der Waals surface area contributed by atoms with Gasteiger partial charge in [0.15, 0.2) is 0 Å². The zero-order chi connectivity index (χ0) is 14.9. The summed E-state index contributed by atoms with van der Waals surface area (Å²) in [6.07, 6.45) is 0.578. The highest BCUT2D eigenvalue weighted by Gasteiger charge is 2.12. The predicted octanol–water partition coefficient (Wildman–Crippen LogP) is -0.0877. The van der Waals surface area contributed by atoms with Gasteiger partial charge in [-0.05, 0) is 24.1 Å². The van der Waals surface area contributed by atoms with E-state index in [2.05, 4.69) is 4.98 Å². The van der Waals surface area contributed by atoms with Gasteiger partial charge < -0.3 is 5.84 Å². The van der Waals surface area contributed by atoms with Crippen LogP contribution >= 0.6 is 0 Å². The molecule has 7 nitrogen and oxygen atoms in total. The molecular formula is C13H17N5O2. The molecule has 0 fully saturated rings. The minimum absolute atomic E-state index is 0.310. The number of hydrazine groups is 1. The van der Waals surface area contributed by atoms with Gasteiger partial charge in [-0.25, -0.2) is 15.5 Å². The van der Waals surface area contributed by atoms with Crippen LogP contribution in [0.4, 0.5) is 0 Å². The Morgan fingerprint density at radius 1 is 1.45 bits per heavy atom. The standard InChI is InChI=1S/C13H17N5O2/c1-7(2)5-11-16-10-6-8(12(19)17-14)3-4-9(10)13(20)18(11)15/h3-4,6-7H,5,14-15H2,1-2H3,(H,17,19). The van der Waals surface area contributed by atoms with E-state index in [0.29, 0.717) is 34.6 Å². The normalized spacial score (nSPS) is 11.0. The lowest BCUT2D eigenvalue weighted by atomic mass is 10.1. The number of rotatable bonds is 3. The smallest absolute Gasteiger partial charge is 0.279 e. The van der Waals surface area contributed by atoms with Crippen LogP contribution in [0.2, 0.25) is 0 Å². The van der Waals surface area contributed by atoms with Gasteiger partial charge in [0.25, 0.3) is 11.5 Å². The van der Waals surface area contributed by atoms with Crippen molar-refractivity contribution in [1.29, 1.82) is 0 Å². The molecule has 0 bridgehead atoms. The highest BCUT2D eigenvalue weighted by atomic mass is 16.2. The molecular weight excluding hydrogens is 258 g/mol. The number of hydrogen-bond acceptors (Lipinski definition) is 5. The first-order chi connectivity index (χ1) is 9.43. The first-order valence-electron chi connectivity index (χ1n) is 6.25. The van der Waals surface area contributed by atoms with E-state index in [9.17, 15) is 9.59 Å². The fourth-order valence-corrected chi connectivity index (χ4v) is 1.98. The molecule has 0 radical (unpaired) electrons. The fourth-order valence-electron chi connectivity index (χ4n) is 1.98. The first-order valence-corrected chi connectivity index (χ1v) is 6.25. The Labute approximate surface area is 115 Å². The van der Waals surface area contributed by atoms with Crippen molar-refractivity contribution in [1.82, 2.24) is 15.1 Å². The number of carbonyl (C=O) groups excluding carboxylic acids is 1. The lowest BCUT2D eigenvalue weighted by Gasteiger charge is -2.11. The number of carbonyl (C=O) groups is 1. The van der Waals surface area contributed by atoms with Crippen molar-refractivity contribution in [3.05, 3.63) is 39.9 Å². The molecule has 0 saturated heterocycles. The summed E-state index contributed by atoms with van der Waals surface area (Å²) >= 11 is 0. The number of hydrogen-bond donors (Lipinski definition) is 3. The van der Waals surface area contributed by atoms with E-state index in [1.54, 1.807) is 0 Å². The molecule has 0 atom stereocenters. The van der Waals surface area contributed by atoms with Gasteiger partial charge in [0.1, 0.15) is 5.82 Å². The number of fused-ring (bicyclic) bond motifs is 1. The van der Waals surface area contributed by atoms with Crippen molar-refractivity contribution < 1.29 is 4.79 Å². The number of nitrogen functional groups attached to an aromatic ring is 2. The summed E-state index contributed by atoms with van der Waals surface area (Å²) in [5, 5.41) is 0.369. The van der Waals surface area contributed by atoms with Crippen LogP contribution in [0.3, 0.4) is 0 Å². The van der Waals surface area contributed by atoms with E-state index < -0.39 is 5.91 Å². The largest absolute Gasteiger partial charge is 0.335 e. The summed E-state index contributed by atoms with van der Waals surface area (Å²) in [6, 6.07) is 4.57. The van der Waals surface area contributed by atoms with Crippen LogP contribution in [0.5, 0.6) is 0 Å². The summed E-state index contributed by atoms with van der Waals surface area (Å²) < 4.78 is 1.06. The van der Waals surface area contributed by atoms with E-state index in [-0.39, 0.29) is 5.56 Å². The van der Waals surface area contributed by atoms with Crippen molar-refractivity contribution in [2.45, 2.75) is 20.3 Å². The Bertz CT molecular complexity index is 721. The topological polar surface area (TPSA) is 116 Å². The van der Waals surface area contributed by atoms with Crippen LogP contribution in [0, 0.1) is 5.92 Å². The number of nitrogens with two attached hydrogens (primary N) is 2. The quantitative estimate of drug-likeness (QED) is 0.411. The molecule has 0 spiro atoms. The van der Waals surface area contributed by atoms with Gasteiger partial charge in [0.2, 0.25) is 0 Å². The Morgan fingerprint density at radius 2 is 2.15 bits per heavy atom. The third-order valence-corrected chi connectivity index (χ3v) is 2.96. The number of amides is 1. The summed E-state index contributed by atoms with van der Waals surface area (Å²) in [5.41, 5.74) is 2.50. The molecule has 0 aliphatic carbocycles. The van der Waals surface area contributed by atoms with Crippen molar-refractivity contribution in [3.63, 3.8) is 0 Å². The van der Waals surface area contributed by atoms with Crippen LogP contribution in [0.1, 0.15) is 30.0 Å². The lowest BCUT2D eigenvalue weighted by molar-refractivity contribution is 0.0954. The fraction of sp³-hybridized carbons (Fsp3) is 0.308. The van der Waals surface area contributed by atoms with Crippen molar-refractivity contribution in [3.8, 4) is 0 Å². The monoisotopic (exact) mass is 275 g/mol. The molecule has 20 heavy (non-hydrogen) atoms. The molecule has 0 unspecified atom stereocenters. The van der Waals surface area contributed by atoms with Crippen LogP contribution < -0.4 is 22.7 Å². The maximum atomic E-state index is 12.2. The van der Waals surface area contributed by atoms with Gasteiger partial charge in [-0.15, -0.1) is 0 Å². The maximum Gasteiger partial charge on any atom is 0.279 e. The molecule has 1 amide bonds. The van der Waals surface area contributed by atoms with E-state index in [1.165, 1.54) is 18.2 Å². The molecule has 2 rings (SSSR count). The number of nitrogens with one attached hydrogen (secondary N) is 1. The zero-order valence-corrected chi connectivity index (χ0v) is 11.4. The molecule has 0 aliphatic heterocycles. The Hall–Kier alpha value is -2.41. The zero-order valence-electron chi connectivity index (χ0n) is 11.4. The van der Waals surface area contributed by atoms with E-state index in [4.69, 9.17) is 11.7 Å². The number of benzene rings is 1. The van der Waals surface area contributed by atoms with Gasteiger partial charge in [0.05, 0.1) is 10.9 Å². The summed E-state index contributed by atoms with van der Waals surface area (Å²) in [5.74, 6) is 11.2. The van der Waals surface area contributed by atoms with E-state index >= 15 is 0 Å². The number of aromatic nitrogens is 2. The Morgan fingerprint density at radius 3 is 2.75 bits per heavy atom. The van der Waals surface area contributed by atoms with Gasteiger partial charge >= 0.3 is 0 Å². The van der Waals surface area contributed by atoms with Crippen molar-refractivity contribution >= 4 is 16.8 Å². The molecule has 7 heteroatoms. The van der Waals surface area contributed by atoms with Crippen LogP contribution in [-0.4, -0.2) is 15.6 Å². The van der Waals surface area contributed by atoms with Gasteiger partial charge in [0, 0.05) is 12.0 Å². The molecule has 1 heterocycles. The summed E-state index contributed by atoms with van der Waals surface area (Å²) in [7, 11) is 0. The average Bonchev–Trinajstić information content (AvgIpc) is 2.42. The Kier molecular flexibility index (Phi) is 3.71. The molecule has 5 N–H and O–H groups in total. The first kappa shape index (κ1) is 14.0. The predicted molar refractivity (Wildman–Crippen MR) is 76.3 cm³/mol. The van der Waals surface area contributed by atoms with Crippen LogP contribution in [-0.2, 0) is 6.42 Å². The highest BCUT2D eigenvalue weighted by molar-refractivity contribution is 5.97. The summed E-state index contributed by atoms with van der Waals surface area (Å²) in [4.78, 5) is 28.0. The summed E-state index contributed by atoms with van der Waals surface area (Å²) in [6.45, 7) is 4.02. The second kappa shape index (κ2) is 5.30. The minimum atomic E-state index is -0.434. The molecule has 2 aromatic rings. The second-order valence-electron chi connectivity index (χ2n) is 5.01. The van der Waals surface area contributed by atoms with E-state index in [0.717, 1.165) is 4.68 Å². The molecule has 1 aromatic heterocycles. The van der Waals surface area contributed by atoms with Gasteiger partial charge in [-0.2, -0.15) is 0 Å². The molecule has 106 valence electrons. The lowest BCUT2D eigenvalue weighted by Crippen LogP contribution is -2.33. The third kappa shape index (κ3) is 2.48. The Balaban J connectivity index is 2.65. The molecule has 0 aliphatic rings. The van der Waals surface area contributed by atoms with Crippen molar-refractivity contribution in [2.24, 2.45) is 11.8 Å².